The van der Waals surface area contributed by atoms with Gasteiger partial charge in [-0.15, -0.1) is 0 Å². The molecule has 0 saturated carbocycles. The Morgan fingerprint density at radius 2 is 0.818 bits per heavy atom. The predicted molar refractivity (Wildman–Crippen MR) is 174 cm³/mol. The van der Waals surface area contributed by atoms with Crippen LogP contribution in [0.3, 0.4) is 0 Å². The summed E-state index contributed by atoms with van der Waals surface area (Å²) < 4.78 is 11.4. The molecule has 0 aliphatic carbocycles. The summed E-state index contributed by atoms with van der Waals surface area (Å²) in [7, 11) is 0. The molecule has 8 heteroatoms. The molecule has 44 heavy (non-hydrogen) atoms. The highest BCUT2D eigenvalue weighted by molar-refractivity contribution is 5.29. The third-order valence-electron chi connectivity index (χ3n) is 7.00. The lowest BCUT2D eigenvalue weighted by atomic mass is 10.0. The van der Waals surface area contributed by atoms with Crippen molar-refractivity contribution >= 4 is 0 Å². The molecule has 0 aliphatic heterocycles. The lowest BCUT2D eigenvalue weighted by molar-refractivity contribution is 0.124. The van der Waals surface area contributed by atoms with E-state index in [1.165, 1.54) is 0 Å². The number of aliphatic hydroxyl groups is 2. The Morgan fingerprint density at radius 3 is 1.14 bits per heavy atom. The van der Waals surface area contributed by atoms with E-state index in [0.29, 0.717) is 13.2 Å². The number of nitrogens with one attached hydrogen (secondary N) is 2. The molecule has 0 bridgehead atoms. The van der Waals surface area contributed by atoms with Crippen molar-refractivity contribution in [2.75, 3.05) is 13.2 Å². The summed E-state index contributed by atoms with van der Waals surface area (Å²) in [5.41, 5.74) is 1.54. The van der Waals surface area contributed by atoms with Crippen LogP contribution in [0.5, 0.6) is 23.0 Å². The highest BCUT2D eigenvalue weighted by atomic mass is 16.5. The average Bonchev–Trinajstić information content (AvgIpc) is 3.04. The fourth-order valence-electron chi connectivity index (χ4n) is 4.57. The molecular weight excluding hydrogens is 556 g/mol. The maximum atomic E-state index is 10.3. The van der Waals surface area contributed by atoms with Crippen molar-refractivity contribution in [2.45, 2.75) is 64.1 Å². The number of benzene rings is 4. The average molecular weight is 603 g/mol. The molecule has 4 aromatic carbocycles. The molecule has 0 aromatic heterocycles. The van der Waals surface area contributed by atoms with Gasteiger partial charge in [0.05, 0.1) is 12.2 Å². The van der Waals surface area contributed by atoms with Crippen LogP contribution in [0.1, 0.15) is 51.0 Å². The zero-order chi connectivity index (χ0) is 31.9. The van der Waals surface area contributed by atoms with Crippen molar-refractivity contribution in [3.8, 4) is 23.0 Å². The fraction of sp³-hybridized carbons (Fsp3) is 0.333. The fourth-order valence-corrected chi connectivity index (χ4v) is 4.57. The normalized spacial score (nSPS) is 15.0. The second kappa shape index (κ2) is 17.9. The van der Waals surface area contributed by atoms with E-state index in [9.17, 15) is 20.4 Å². The Labute approximate surface area is 260 Å². The van der Waals surface area contributed by atoms with Crippen molar-refractivity contribution in [1.82, 2.24) is 10.6 Å². The third-order valence-corrected chi connectivity index (χ3v) is 7.00. The van der Waals surface area contributed by atoms with E-state index >= 15 is 0 Å². The number of phenolic OH excluding ortho intramolecular Hbond substituents is 2. The molecule has 0 amide bonds. The Hall–Kier alpha value is -4.08. The van der Waals surface area contributed by atoms with E-state index in [1.807, 2.05) is 88.4 Å². The van der Waals surface area contributed by atoms with E-state index in [1.54, 1.807) is 48.5 Å². The number of aliphatic hydroxyl groups excluding tert-OH is 2. The van der Waals surface area contributed by atoms with Gasteiger partial charge in [-0.25, -0.2) is 0 Å². The Balaban J connectivity index is 0.000000240. The molecule has 236 valence electrons. The van der Waals surface area contributed by atoms with Crippen molar-refractivity contribution in [1.29, 1.82) is 0 Å². The monoisotopic (exact) mass is 602 g/mol. The van der Waals surface area contributed by atoms with Crippen molar-refractivity contribution in [3.63, 3.8) is 0 Å². The molecule has 6 atom stereocenters. The Bertz CT molecular complexity index is 1220. The van der Waals surface area contributed by atoms with Crippen molar-refractivity contribution < 1.29 is 29.9 Å². The molecule has 4 aromatic rings. The molecule has 0 radical (unpaired) electrons. The van der Waals surface area contributed by atoms with Crippen LogP contribution in [-0.4, -0.2) is 57.8 Å². The zero-order valence-corrected chi connectivity index (χ0v) is 25.9. The summed E-state index contributed by atoms with van der Waals surface area (Å²) in [5, 5.41) is 45.9. The third kappa shape index (κ3) is 11.9. The molecule has 0 saturated heterocycles. The molecule has 0 aliphatic rings. The second-order valence-corrected chi connectivity index (χ2v) is 11.0. The van der Waals surface area contributed by atoms with Crippen molar-refractivity contribution in [2.24, 2.45) is 0 Å². The number of phenols is 2. The maximum Gasteiger partial charge on any atom is 0.119 e. The summed E-state index contributed by atoms with van der Waals surface area (Å²) in [6.45, 7) is 8.94. The van der Waals surface area contributed by atoms with Gasteiger partial charge >= 0.3 is 0 Å². The minimum atomic E-state index is -0.639. The van der Waals surface area contributed by atoms with Crippen LogP contribution in [0.15, 0.2) is 109 Å². The van der Waals surface area contributed by atoms with Crippen LogP contribution >= 0.6 is 0 Å². The molecular formula is C36H46N2O6. The van der Waals surface area contributed by atoms with Gasteiger partial charge in [0, 0.05) is 24.2 Å². The van der Waals surface area contributed by atoms with E-state index < -0.39 is 12.2 Å². The molecule has 0 spiro atoms. The van der Waals surface area contributed by atoms with Gasteiger partial charge in [0.1, 0.15) is 36.2 Å². The number of aromatic hydroxyl groups is 2. The summed E-state index contributed by atoms with van der Waals surface area (Å²) >= 11 is 0. The largest absolute Gasteiger partial charge is 0.508 e. The first-order valence-electron chi connectivity index (χ1n) is 14.9. The van der Waals surface area contributed by atoms with Gasteiger partial charge in [-0.05, 0) is 87.4 Å². The SMILES string of the molecule is CC(COc1ccccc1)NC(C)C(O)c1ccc(O)cc1.CC(COc1ccccc1)NC(C)C(O)c1ccc(O)cc1. The molecule has 4 rings (SSSR count). The first-order valence-corrected chi connectivity index (χ1v) is 14.9. The number of ether oxygens (including phenoxy) is 2. The molecule has 0 heterocycles. The van der Waals surface area contributed by atoms with Crippen LogP contribution in [0.25, 0.3) is 0 Å². The van der Waals surface area contributed by atoms with E-state index in [-0.39, 0.29) is 35.7 Å². The van der Waals surface area contributed by atoms with Crippen LogP contribution in [0.4, 0.5) is 0 Å². The standard InChI is InChI=1S/2C18H23NO3/c2*1-13(12-22-17-6-4-3-5-7-17)19-14(2)18(21)15-8-10-16(20)11-9-15/h2*3-11,13-14,18-21H,12H2,1-2H3. The van der Waals surface area contributed by atoms with Crippen LogP contribution in [0.2, 0.25) is 0 Å². The van der Waals surface area contributed by atoms with Gasteiger partial charge in [0.15, 0.2) is 0 Å². The van der Waals surface area contributed by atoms with E-state index in [2.05, 4.69) is 10.6 Å². The summed E-state index contributed by atoms with van der Waals surface area (Å²) in [5.74, 6) is 2.06. The summed E-state index contributed by atoms with van der Waals surface area (Å²) in [6, 6.07) is 32.5. The Morgan fingerprint density at radius 1 is 0.500 bits per heavy atom. The molecule has 6 unspecified atom stereocenters. The second-order valence-electron chi connectivity index (χ2n) is 11.0. The number of rotatable bonds is 14. The smallest absolute Gasteiger partial charge is 0.119 e. The quantitative estimate of drug-likeness (QED) is 0.108. The maximum absolute atomic E-state index is 10.3. The van der Waals surface area contributed by atoms with Gasteiger partial charge < -0.3 is 40.5 Å². The highest BCUT2D eigenvalue weighted by Crippen LogP contribution is 2.21. The molecule has 6 N–H and O–H groups in total. The van der Waals surface area contributed by atoms with Crippen LogP contribution in [0, 0.1) is 0 Å². The number of para-hydroxylation sites is 2. The zero-order valence-electron chi connectivity index (χ0n) is 25.9. The first-order chi connectivity index (χ1) is 21.1. The van der Waals surface area contributed by atoms with Crippen LogP contribution in [-0.2, 0) is 0 Å². The molecule has 0 fully saturated rings. The number of hydrogen-bond acceptors (Lipinski definition) is 8. The Kier molecular flexibility index (Phi) is 14.0. The lowest BCUT2D eigenvalue weighted by Crippen LogP contribution is -2.41. The molecule has 8 nitrogen and oxygen atoms in total. The predicted octanol–water partition coefficient (Wildman–Crippen LogP) is 5.74. The van der Waals surface area contributed by atoms with Crippen LogP contribution < -0.4 is 20.1 Å². The summed E-state index contributed by atoms with van der Waals surface area (Å²) in [6.07, 6.45) is -1.28. The van der Waals surface area contributed by atoms with Gasteiger partial charge in [0.2, 0.25) is 0 Å². The van der Waals surface area contributed by atoms with E-state index in [4.69, 9.17) is 9.47 Å². The van der Waals surface area contributed by atoms with E-state index in [0.717, 1.165) is 22.6 Å². The van der Waals surface area contributed by atoms with Gasteiger partial charge in [-0.1, -0.05) is 60.7 Å². The van der Waals surface area contributed by atoms with Gasteiger partial charge in [-0.2, -0.15) is 0 Å². The first kappa shape index (κ1) is 34.4. The number of hydrogen-bond donors (Lipinski definition) is 6. The minimum absolute atomic E-state index is 0.0990. The minimum Gasteiger partial charge on any atom is -0.508 e. The van der Waals surface area contributed by atoms with Gasteiger partial charge in [0.25, 0.3) is 0 Å². The summed E-state index contributed by atoms with van der Waals surface area (Å²) in [4.78, 5) is 0. The lowest BCUT2D eigenvalue weighted by Gasteiger charge is -2.25. The van der Waals surface area contributed by atoms with Gasteiger partial charge in [-0.3, -0.25) is 0 Å². The topological polar surface area (TPSA) is 123 Å². The van der Waals surface area contributed by atoms with Crippen molar-refractivity contribution in [3.05, 3.63) is 120 Å². The highest BCUT2D eigenvalue weighted by Gasteiger charge is 2.19.